The number of esters is 2. The number of aliphatic hydroxyl groups is 4. The largest absolute Gasteiger partial charge is 0.459 e. The molecule has 0 aromatic carbocycles. The first kappa shape index (κ1) is 24.2. The van der Waals surface area contributed by atoms with E-state index in [9.17, 15) is 30.0 Å². The number of rotatable bonds is 3. The Labute approximate surface area is 199 Å². The topological polar surface area (TPSA) is 143 Å². The fourth-order valence-electron chi connectivity index (χ4n) is 8.25. The van der Waals surface area contributed by atoms with Crippen molar-refractivity contribution >= 4 is 11.9 Å². The maximum absolute atomic E-state index is 13.3. The molecule has 5 rings (SSSR count). The molecule has 3 aliphatic carbocycles. The normalized spacial score (nSPS) is 54.3. The van der Waals surface area contributed by atoms with Crippen LogP contribution in [0.3, 0.4) is 0 Å². The first-order valence-electron chi connectivity index (χ1n) is 12.3. The smallest absolute Gasteiger partial charge is 0.348 e. The van der Waals surface area contributed by atoms with Gasteiger partial charge < -0.3 is 34.6 Å². The first-order valence-corrected chi connectivity index (χ1v) is 12.3. The molecule has 0 aromatic rings. The van der Waals surface area contributed by atoms with E-state index in [0.29, 0.717) is 12.8 Å². The molecule has 2 aliphatic heterocycles. The molecule has 13 atom stereocenters. The molecule has 0 unspecified atom stereocenters. The van der Waals surface area contributed by atoms with Gasteiger partial charge in [0.05, 0.1) is 36.8 Å². The number of carbonyl (C=O) groups is 2. The van der Waals surface area contributed by atoms with Crippen LogP contribution < -0.4 is 0 Å². The van der Waals surface area contributed by atoms with Crippen molar-refractivity contribution in [2.45, 2.75) is 89.7 Å². The number of hydrogen-bond acceptors (Lipinski definition) is 9. The molecule has 2 saturated carbocycles. The maximum atomic E-state index is 13.3. The Morgan fingerprint density at radius 2 is 1.88 bits per heavy atom. The minimum Gasteiger partial charge on any atom is -0.459 e. The Morgan fingerprint density at radius 1 is 1.21 bits per heavy atom. The fraction of sp³-hybridized carbons (Fsp3) is 0.840. The molecular formula is C25H36O9. The highest BCUT2D eigenvalue weighted by Gasteiger charge is 2.82. The molecule has 9 heteroatoms. The Morgan fingerprint density at radius 3 is 2.53 bits per heavy atom. The first-order chi connectivity index (χ1) is 15.8. The standard InChI is InChI=1S/C25H36O9/c1-6-10(2)21(30)34-16-18-24(5)20(29)15(27)17-23(4)12(11(3)7-13(26)19(23)28)8-14(33-22(16)31)25(17,18)9-32-24/h7,10,12-20,26-29H,6,8-9H2,1-5H3/t10-,12+,13+,14-,15-,16-,17-,18+,19-,20-,23+,24-,25-/m1/s1. The molecule has 4 N–H and O–H groups in total. The van der Waals surface area contributed by atoms with Gasteiger partial charge in [0, 0.05) is 16.7 Å². The summed E-state index contributed by atoms with van der Waals surface area (Å²) >= 11 is 0. The summed E-state index contributed by atoms with van der Waals surface area (Å²) in [4.78, 5) is 26.0. The van der Waals surface area contributed by atoms with Gasteiger partial charge in [0.2, 0.25) is 6.10 Å². The van der Waals surface area contributed by atoms with Crippen molar-refractivity contribution in [3.63, 3.8) is 0 Å². The van der Waals surface area contributed by atoms with E-state index in [-0.39, 0.29) is 12.5 Å². The number of allylic oxidation sites excluding steroid dienone is 1. The van der Waals surface area contributed by atoms with Crippen LogP contribution in [-0.4, -0.2) is 81.2 Å². The van der Waals surface area contributed by atoms with Crippen molar-refractivity contribution in [1.29, 1.82) is 0 Å². The van der Waals surface area contributed by atoms with Crippen LogP contribution in [0.1, 0.15) is 47.5 Å². The average molecular weight is 481 g/mol. The lowest BCUT2D eigenvalue weighted by Crippen LogP contribution is -2.79. The van der Waals surface area contributed by atoms with Crippen LogP contribution in [0.15, 0.2) is 11.6 Å². The lowest BCUT2D eigenvalue weighted by molar-refractivity contribution is -0.304. The fourth-order valence-corrected chi connectivity index (χ4v) is 8.25. The molecule has 0 amide bonds. The van der Waals surface area contributed by atoms with E-state index in [1.165, 1.54) is 0 Å². The number of ether oxygens (including phenoxy) is 3. The predicted molar refractivity (Wildman–Crippen MR) is 117 cm³/mol. The zero-order valence-corrected chi connectivity index (χ0v) is 20.3. The quantitative estimate of drug-likeness (QED) is 0.332. The minimum atomic E-state index is -1.40. The summed E-state index contributed by atoms with van der Waals surface area (Å²) in [5.74, 6) is -3.51. The molecule has 34 heavy (non-hydrogen) atoms. The Bertz CT molecular complexity index is 933. The Hall–Kier alpha value is -1.52. The van der Waals surface area contributed by atoms with Crippen LogP contribution in [0.5, 0.6) is 0 Å². The van der Waals surface area contributed by atoms with Crippen molar-refractivity contribution in [2.75, 3.05) is 6.61 Å². The number of fused-ring (bicyclic) bond motifs is 2. The van der Waals surface area contributed by atoms with E-state index in [0.717, 1.165) is 5.57 Å². The second kappa shape index (κ2) is 7.49. The van der Waals surface area contributed by atoms with E-state index in [2.05, 4.69) is 0 Å². The molecule has 2 bridgehead atoms. The molecule has 5 aliphatic rings. The van der Waals surface area contributed by atoms with E-state index in [4.69, 9.17) is 14.2 Å². The van der Waals surface area contributed by atoms with Gasteiger partial charge in [-0.05, 0) is 32.6 Å². The van der Waals surface area contributed by atoms with Crippen LogP contribution in [0.2, 0.25) is 0 Å². The van der Waals surface area contributed by atoms with Gasteiger partial charge in [-0.15, -0.1) is 0 Å². The zero-order chi connectivity index (χ0) is 25.0. The van der Waals surface area contributed by atoms with Crippen molar-refractivity contribution in [3.8, 4) is 0 Å². The molecule has 1 spiro atoms. The molecular weight excluding hydrogens is 444 g/mol. The summed E-state index contributed by atoms with van der Waals surface area (Å²) in [6.07, 6.45) is -4.53. The van der Waals surface area contributed by atoms with Crippen molar-refractivity contribution < 1.29 is 44.2 Å². The van der Waals surface area contributed by atoms with Gasteiger partial charge in [-0.3, -0.25) is 4.79 Å². The zero-order valence-electron chi connectivity index (χ0n) is 20.3. The molecule has 0 radical (unpaired) electrons. The third-order valence-corrected chi connectivity index (χ3v) is 10.1. The molecule has 9 nitrogen and oxygen atoms in total. The minimum absolute atomic E-state index is 0.0656. The predicted octanol–water partition coefficient (Wildman–Crippen LogP) is 0.321. The van der Waals surface area contributed by atoms with E-state index in [1.807, 2.05) is 20.8 Å². The second-order valence-corrected chi connectivity index (χ2v) is 11.6. The van der Waals surface area contributed by atoms with Gasteiger partial charge in [0.15, 0.2) is 0 Å². The van der Waals surface area contributed by atoms with E-state index < -0.39 is 82.7 Å². The Balaban J connectivity index is 1.68. The monoisotopic (exact) mass is 480 g/mol. The highest BCUT2D eigenvalue weighted by atomic mass is 16.6. The summed E-state index contributed by atoms with van der Waals surface area (Å²) < 4.78 is 17.9. The van der Waals surface area contributed by atoms with Gasteiger partial charge in [-0.25, -0.2) is 4.79 Å². The van der Waals surface area contributed by atoms with Gasteiger partial charge >= 0.3 is 11.9 Å². The summed E-state index contributed by atoms with van der Waals surface area (Å²) in [5.41, 5.74) is -2.58. The van der Waals surface area contributed by atoms with Crippen LogP contribution in [0, 0.1) is 34.5 Å². The van der Waals surface area contributed by atoms with Crippen molar-refractivity contribution in [1.82, 2.24) is 0 Å². The summed E-state index contributed by atoms with van der Waals surface area (Å²) in [6.45, 7) is 8.95. The third kappa shape index (κ3) is 2.68. The highest BCUT2D eigenvalue weighted by molar-refractivity contribution is 5.82. The average Bonchev–Trinajstić information content (AvgIpc) is 3.06. The van der Waals surface area contributed by atoms with Gasteiger partial charge in [0.1, 0.15) is 17.8 Å². The maximum Gasteiger partial charge on any atom is 0.348 e. The molecule has 190 valence electrons. The number of hydrogen-bond donors (Lipinski definition) is 4. The molecule has 4 fully saturated rings. The van der Waals surface area contributed by atoms with E-state index in [1.54, 1.807) is 19.9 Å². The number of carbonyl (C=O) groups excluding carboxylic acids is 2. The lowest BCUT2D eigenvalue weighted by Gasteiger charge is -2.68. The molecule has 2 heterocycles. The van der Waals surface area contributed by atoms with E-state index >= 15 is 0 Å². The van der Waals surface area contributed by atoms with Crippen molar-refractivity contribution in [3.05, 3.63) is 11.6 Å². The number of aliphatic hydroxyl groups excluding tert-OH is 4. The van der Waals surface area contributed by atoms with Gasteiger partial charge in [0.25, 0.3) is 0 Å². The van der Waals surface area contributed by atoms with Crippen LogP contribution in [0.25, 0.3) is 0 Å². The van der Waals surface area contributed by atoms with Crippen LogP contribution >= 0.6 is 0 Å². The van der Waals surface area contributed by atoms with Gasteiger partial charge in [-0.2, -0.15) is 0 Å². The second-order valence-electron chi connectivity index (χ2n) is 11.6. The lowest BCUT2D eigenvalue weighted by atomic mass is 9.38. The summed E-state index contributed by atoms with van der Waals surface area (Å²) in [7, 11) is 0. The highest BCUT2D eigenvalue weighted by Crippen LogP contribution is 2.72. The third-order valence-electron chi connectivity index (χ3n) is 10.1. The summed E-state index contributed by atoms with van der Waals surface area (Å²) in [6, 6.07) is 0. The summed E-state index contributed by atoms with van der Waals surface area (Å²) in [5, 5.41) is 44.8. The van der Waals surface area contributed by atoms with Gasteiger partial charge in [-0.1, -0.05) is 32.4 Å². The van der Waals surface area contributed by atoms with Crippen LogP contribution in [-0.2, 0) is 23.8 Å². The Kier molecular flexibility index (Phi) is 5.33. The van der Waals surface area contributed by atoms with Crippen molar-refractivity contribution in [2.24, 2.45) is 34.5 Å². The van der Waals surface area contributed by atoms with Crippen LogP contribution in [0.4, 0.5) is 0 Å². The molecule has 0 aromatic heterocycles. The molecule has 2 saturated heterocycles. The SMILES string of the molecule is CC[C@@H](C)C(=O)O[C@H]1C(=O)O[C@@H]2C[C@H]3C(C)=C[C@H](O)[C@@H](O)[C@]3(C)[C@H]3[C@@H](O)[C@@H](O)[C@]4(C)OC[C@]32[C@@H]14.